The number of hydrogen-bond donors (Lipinski definition) is 2. The third-order valence-electron chi connectivity index (χ3n) is 4.09. The van der Waals surface area contributed by atoms with E-state index in [-0.39, 0.29) is 5.82 Å². The third-order valence-corrected chi connectivity index (χ3v) is 4.70. The highest BCUT2D eigenvalue weighted by Crippen LogP contribution is 2.32. The van der Waals surface area contributed by atoms with E-state index in [1.807, 2.05) is 0 Å². The van der Waals surface area contributed by atoms with Gasteiger partial charge in [-0.2, -0.15) is 0 Å². The Labute approximate surface area is 147 Å². The normalized spacial score (nSPS) is 15.6. The van der Waals surface area contributed by atoms with Crippen LogP contribution in [0.3, 0.4) is 0 Å². The summed E-state index contributed by atoms with van der Waals surface area (Å²) in [5.74, 6) is -1.40. The van der Waals surface area contributed by atoms with E-state index in [1.54, 1.807) is 25.1 Å². The van der Waals surface area contributed by atoms with Gasteiger partial charge >= 0.3 is 5.97 Å². The molecule has 2 aromatic rings. The largest absolute Gasteiger partial charge is 0.480 e. The number of carboxylic acids is 1. The van der Waals surface area contributed by atoms with Gasteiger partial charge in [0, 0.05) is 0 Å². The van der Waals surface area contributed by atoms with Gasteiger partial charge < -0.3 is 10.4 Å². The second-order valence-electron chi connectivity index (χ2n) is 5.66. The molecule has 0 bridgehead atoms. The van der Waals surface area contributed by atoms with Crippen LogP contribution in [0.2, 0.25) is 10.0 Å². The first-order chi connectivity index (χ1) is 11.3. The van der Waals surface area contributed by atoms with Crippen molar-refractivity contribution in [1.29, 1.82) is 0 Å². The maximum absolute atomic E-state index is 12.3. The van der Waals surface area contributed by atoms with Crippen LogP contribution >= 0.6 is 23.2 Å². The van der Waals surface area contributed by atoms with Crippen LogP contribution in [0.25, 0.3) is 5.69 Å². The molecular formula is C15H14Cl2N4O3. The van der Waals surface area contributed by atoms with Gasteiger partial charge in [-0.3, -0.25) is 4.79 Å². The lowest BCUT2D eigenvalue weighted by molar-refractivity contribution is -0.148. The van der Waals surface area contributed by atoms with Gasteiger partial charge in [-0.05, 0) is 38.3 Å². The predicted molar refractivity (Wildman–Crippen MR) is 87.8 cm³/mol. The maximum Gasteiger partial charge on any atom is 0.329 e. The van der Waals surface area contributed by atoms with Crippen molar-refractivity contribution in [2.24, 2.45) is 0 Å². The van der Waals surface area contributed by atoms with Crippen LogP contribution in [0.5, 0.6) is 0 Å². The Morgan fingerprint density at radius 1 is 1.29 bits per heavy atom. The van der Waals surface area contributed by atoms with Gasteiger partial charge in [0.05, 0.1) is 10.0 Å². The lowest BCUT2D eigenvalue weighted by atomic mass is 9.77. The van der Waals surface area contributed by atoms with Crippen molar-refractivity contribution in [3.8, 4) is 5.69 Å². The molecule has 1 aromatic carbocycles. The zero-order valence-corrected chi connectivity index (χ0v) is 14.2. The number of carbonyl (C=O) groups is 2. The van der Waals surface area contributed by atoms with Crippen LogP contribution in [0.15, 0.2) is 18.2 Å². The highest BCUT2D eigenvalue weighted by Gasteiger charge is 2.46. The van der Waals surface area contributed by atoms with Crippen LogP contribution in [0.4, 0.5) is 0 Å². The Bertz CT molecular complexity index is 810. The van der Waals surface area contributed by atoms with E-state index in [1.165, 1.54) is 4.68 Å². The van der Waals surface area contributed by atoms with Crippen molar-refractivity contribution in [3.05, 3.63) is 39.9 Å². The number of carboxylic acid groups (broad SMARTS) is 1. The summed E-state index contributed by atoms with van der Waals surface area (Å²) in [4.78, 5) is 27.8. The molecule has 0 atom stereocenters. The molecule has 1 fully saturated rings. The van der Waals surface area contributed by atoms with Crippen molar-refractivity contribution >= 4 is 35.1 Å². The molecular weight excluding hydrogens is 355 g/mol. The highest BCUT2D eigenvalue weighted by molar-refractivity contribution is 6.37. The van der Waals surface area contributed by atoms with Gasteiger partial charge in [-0.15, -0.1) is 5.10 Å². The standard InChI is InChI=1S/C15H14Cl2N4O3/c1-8-18-12(13(22)19-15(14(23)24)6-3-7-15)20-21(8)11-9(16)4-2-5-10(11)17/h2,4-5H,3,6-7H2,1H3,(H,19,22)(H,23,24). The van der Waals surface area contributed by atoms with E-state index in [0.717, 1.165) is 6.42 Å². The molecule has 2 N–H and O–H groups in total. The number of aliphatic carboxylic acids is 1. The van der Waals surface area contributed by atoms with E-state index in [9.17, 15) is 14.7 Å². The molecule has 126 valence electrons. The van der Waals surface area contributed by atoms with Crippen LogP contribution in [-0.4, -0.2) is 37.3 Å². The Balaban J connectivity index is 1.92. The Morgan fingerprint density at radius 2 is 1.92 bits per heavy atom. The molecule has 24 heavy (non-hydrogen) atoms. The van der Waals surface area contributed by atoms with Crippen molar-refractivity contribution in [1.82, 2.24) is 20.1 Å². The Kier molecular flexibility index (Phi) is 4.23. The van der Waals surface area contributed by atoms with Crippen molar-refractivity contribution in [3.63, 3.8) is 0 Å². The van der Waals surface area contributed by atoms with E-state index in [0.29, 0.717) is 34.4 Å². The summed E-state index contributed by atoms with van der Waals surface area (Å²) < 4.78 is 1.37. The first-order valence-electron chi connectivity index (χ1n) is 7.28. The number of nitrogens with one attached hydrogen (secondary N) is 1. The smallest absolute Gasteiger partial charge is 0.329 e. The fourth-order valence-corrected chi connectivity index (χ4v) is 3.14. The zero-order chi connectivity index (χ0) is 17.5. The molecule has 0 saturated heterocycles. The third kappa shape index (κ3) is 2.74. The van der Waals surface area contributed by atoms with Gasteiger partial charge in [0.25, 0.3) is 5.91 Å². The molecule has 1 aliphatic carbocycles. The number of amides is 1. The second-order valence-corrected chi connectivity index (χ2v) is 6.47. The molecule has 1 aromatic heterocycles. The molecule has 0 unspecified atom stereocenters. The number of aromatic nitrogens is 3. The SMILES string of the molecule is Cc1nc(C(=O)NC2(C(=O)O)CCC2)nn1-c1c(Cl)cccc1Cl. The summed E-state index contributed by atoms with van der Waals surface area (Å²) in [5.41, 5.74) is -0.806. The Hall–Kier alpha value is -2.12. The predicted octanol–water partition coefficient (Wildman–Crippen LogP) is 2.62. The first-order valence-corrected chi connectivity index (χ1v) is 8.03. The number of carbonyl (C=O) groups excluding carboxylic acids is 1. The summed E-state index contributed by atoms with van der Waals surface area (Å²) in [5, 5.41) is 16.7. The fourth-order valence-electron chi connectivity index (χ4n) is 2.59. The van der Waals surface area contributed by atoms with E-state index >= 15 is 0 Å². The van der Waals surface area contributed by atoms with Gasteiger partial charge in [-0.1, -0.05) is 29.3 Å². The number of halogens is 2. The van der Waals surface area contributed by atoms with Gasteiger partial charge in [-0.25, -0.2) is 14.5 Å². The molecule has 9 heteroatoms. The van der Waals surface area contributed by atoms with Crippen LogP contribution < -0.4 is 5.32 Å². The minimum atomic E-state index is -1.22. The molecule has 1 amide bonds. The zero-order valence-electron chi connectivity index (χ0n) is 12.7. The van der Waals surface area contributed by atoms with Gasteiger partial charge in [0.15, 0.2) is 0 Å². The first kappa shape index (κ1) is 16.7. The molecule has 1 aliphatic rings. The Morgan fingerprint density at radius 3 is 2.42 bits per heavy atom. The molecule has 7 nitrogen and oxygen atoms in total. The molecule has 0 aliphatic heterocycles. The number of nitrogens with zero attached hydrogens (tertiary/aromatic N) is 3. The van der Waals surface area contributed by atoms with Crippen molar-refractivity contribution in [2.75, 3.05) is 0 Å². The number of rotatable bonds is 4. The minimum absolute atomic E-state index is 0.129. The van der Waals surface area contributed by atoms with Crippen LogP contribution in [-0.2, 0) is 4.79 Å². The number of para-hydroxylation sites is 1. The molecule has 1 saturated carbocycles. The highest BCUT2D eigenvalue weighted by atomic mass is 35.5. The number of hydrogen-bond acceptors (Lipinski definition) is 4. The van der Waals surface area contributed by atoms with Gasteiger partial charge in [0.1, 0.15) is 17.1 Å². The average Bonchev–Trinajstić information content (AvgIpc) is 2.84. The van der Waals surface area contributed by atoms with E-state index in [2.05, 4.69) is 15.4 Å². The molecule has 0 radical (unpaired) electrons. The maximum atomic E-state index is 12.3. The summed E-state index contributed by atoms with van der Waals surface area (Å²) in [7, 11) is 0. The van der Waals surface area contributed by atoms with Crippen molar-refractivity contribution in [2.45, 2.75) is 31.7 Å². The topological polar surface area (TPSA) is 97.1 Å². The fraction of sp³-hybridized carbons (Fsp3) is 0.333. The number of aryl methyl sites for hydroxylation is 1. The van der Waals surface area contributed by atoms with Crippen LogP contribution in [0.1, 0.15) is 35.7 Å². The summed E-state index contributed by atoms with van der Waals surface area (Å²) in [6.07, 6.45) is 1.54. The van der Waals surface area contributed by atoms with E-state index in [4.69, 9.17) is 23.2 Å². The monoisotopic (exact) mass is 368 g/mol. The summed E-state index contributed by atoms with van der Waals surface area (Å²) in [6, 6.07) is 5.00. The molecule has 0 spiro atoms. The van der Waals surface area contributed by atoms with Gasteiger partial charge in [0.2, 0.25) is 5.82 Å². The summed E-state index contributed by atoms with van der Waals surface area (Å²) in [6.45, 7) is 1.65. The minimum Gasteiger partial charge on any atom is -0.480 e. The quantitative estimate of drug-likeness (QED) is 0.864. The second kappa shape index (κ2) is 6.07. The lowest BCUT2D eigenvalue weighted by Gasteiger charge is -2.37. The van der Waals surface area contributed by atoms with Crippen LogP contribution in [0, 0.1) is 6.92 Å². The van der Waals surface area contributed by atoms with Crippen molar-refractivity contribution < 1.29 is 14.7 Å². The summed E-state index contributed by atoms with van der Waals surface area (Å²) >= 11 is 12.3. The molecule has 1 heterocycles. The lowest BCUT2D eigenvalue weighted by Crippen LogP contribution is -2.59. The van der Waals surface area contributed by atoms with E-state index < -0.39 is 17.4 Å². The molecule has 3 rings (SSSR count). The average molecular weight is 369 g/mol. The number of benzene rings is 1.